The predicted molar refractivity (Wildman–Crippen MR) is 86.6 cm³/mol. The van der Waals surface area contributed by atoms with Crippen molar-refractivity contribution in [3.63, 3.8) is 0 Å². The first kappa shape index (κ1) is 17.1. The number of hydrogen-bond acceptors (Lipinski definition) is 2. The van der Waals surface area contributed by atoms with Crippen LogP contribution in [0.15, 0.2) is 24.3 Å². The average molecular weight is 340 g/mol. The SMILES string of the molecule is O=C(CNc1cccc(C(F)(F)F)c1)N1CCCC1C1CCCC1. The highest BCUT2D eigenvalue weighted by Crippen LogP contribution is 2.35. The van der Waals surface area contributed by atoms with Crippen molar-refractivity contribution in [2.24, 2.45) is 5.92 Å². The number of carbonyl (C=O) groups excluding carboxylic acids is 1. The molecule has 1 aromatic carbocycles. The molecular formula is C18H23F3N2O. The molecule has 0 spiro atoms. The van der Waals surface area contributed by atoms with E-state index in [1.807, 2.05) is 4.90 Å². The molecule has 0 bridgehead atoms. The lowest BCUT2D eigenvalue weighted by Crippen LogP contribution is -2.42. The van der Waals surface area contributed by atoms with Crippen LogP contribution >= 0.6 is 0 Å². The number of alkyl halides is 3. The van der Waals surface area contributed by atoms with Gasteiger partial charge in [0.1, 0.15) is 0 Å². The molecule has 2 fully saturated rings. The van der Waals surface area contributed by atoms with Gasteiger partial charge in [-0.05, 0) is 49.8 Å². The average Bonchev–Trinajstić information content (AvgIpc) is 3.22. The zero-order valence-electron chi connectivity index (χ0n) is 13.6. The summed E-state index contributed by atoms with van der Waals surface area (Å²) in [4.78, 5) is 14.4. The standard InChI is InChI=1S/C18H23F3N2O/c19-18(20,21)14-7-3-8-15(11-14)22-12-17(24)23-10-4-9-16(23)13-5-1-2-6-13/h3,7-8,11,13,16,22H,1-2,4-6,9-10,12H2. The maximum absolute atomic E-state index is 12.7. The van der Waals surface area contributed by atoms with Crippen molar-refractivity contribution in [3.8, 4) is 0 Å². The van der Waals surface area contributed by atoms with Crippen LogP contribution < -0.4 is 5.32 Å². The van der Waals surface area contributed by atoms with Gasteiger partial charge >= 0.3 is 6.18 Å². The normalized spacial score (nSPS) is 22.1. The minimum absolute atomic E-state index is 0.0122. The van der Waals surface area contributed by atoms with Gasteiger partial charge in [-0.15, -0.1) is 0 Å². The van der Waals surface area contributed by atoms with Crippen LogP contribution in [0.2, 0.25) is 0 Å². The van der Waals surface area contributed by atoms with E-state index in [0.29, 0.717) is 17.6 Å². The highest BCUT2D eigenvalue weighted by atomic mass is 19.4. The van der Waals surface area contributed by atoms with Crippen molar-refractivity contribution in [2.45, 2.75) is 50.7 Å². The summed E-state index contributed by atoms with van der Waals surface area (Å²) in [5.41, 5.74) is -0.375. The van der Waals surface area contributed by atoms with Gasteiger partial charge in [-0.3, -0.25) is 4.79 Å². The van der Waals surface area contributed by atoms with Crippen molar-refractivity contribution < 1.29 is 18.0 Å². The number of carbonyl (C=O) groups is 1. The third kappa shape index (κ3) is 3.84. The summed E-state index contributed by atoms with van der Waals surface area (Å²) in [7, 11) is 0. The second-order valence-corrected chi connectivity index (χ2v) is 6.77. The first-order valence-corrected chi connectivity index (χ1v) is 8.66. The summed E-state index contributed by atoms with van der Waals surface area (Å²) in [6, 6.07) is 5.31. The molecule has 1 aliphatic heterocycles. The van der Waals surface area contributed by atoms with Crippen LogP contribution in [0, 0.1) is 5.92 Å². The number of likely N-dealkylation sites (tertiary alicyclic amines) is 1. The molecular weight excluding hydrogens is 317 g/mol. The zero-order valence-corrected chi connectivity index (χ0v) is 13.6. The molecule has 1 aliphatic carbocycles. The van der Waals surface area contributed by atoms with Gasteiger partial charge in [0.15, 0.2) is 0 Å². The molecule has 2 aliphatic rings. The van der Waals surface area contributed by atoms with E-state index in [0.717, 1.165) is 31.5 Å². The van der Waals surface area contributed by atoms with E-state index >= 15 is 0 Å². The molecule has 0 aromatic heterocycles. The number of anilines is 1. The third-order valence-electron chi connectivity index (χ3n) is 5.20. The van der Waals surface area contributed by atoms with Crippen LogP contribution in [0.25, 0.3) is 0 Å². The Hall–Kier alpha value is -1.72. The second kappa shape index (κ2) is 7.03. The monoisotopic (exact) mass is 340 g/mol. The molecule has 1 heterocycles. The summed E-state index contributed by atoms with van der Waals surface area (Å²) < 4.78 is 38.2. The fraction of sp³-hybridized carbons (Fsp3) is 0.611. The topological polar surface area (TPSA) is 32.3 Å². The Kier molecular flexibility index (Phi) is 5.01. The molecule has 24 heavy (non-hydrogen) atoms. The largest absolute Gasteiger partial charge is 0.416 e. The molecule has 6 heteroatoms. The van der Waals surface area contributed by atoms with Gasteiger partial charge in [0.05, 0.1) is 12.1 Å². The van der Waals surface area contributed by atoms with E-state index < -0.39 is 11.7 Å². The van der Waals surface area contributed by atoms with Gasteiger partial charge < -0.3 is 10.2 Å². The van der Waals surface area contributed by atoms with Crippen molar-refractivity contribution >= 4 is 11.6 Å². The fourth-order valence-electron chi connectivity index (χ4n) is 4.02. The highest BCUT2D eigenvalue weighted by Gasteiger charge is 2.35. The van der Waals surface area contributed by atoms with Crippen molar-refractivity contribution in [3.05, 3.63) is 29.8 Å². The Morgan fingerprint density at radius 3 is 2.62 bits per heavy atom. The smallest absolute Gasteiger partial charge is 0.376 e. The lowest BCUT2D eigenvalue weighted by molar-refractivity contribution is -0.137. The number of nitrogens with one attached hydrogen (secondary N) is 1. The first-order valence-electron chi connectivity index (χ1n) is 8.66. The summed E-state index contributed by atoms with van der Waals surface area (Å²) in [6.45, 7) is 0.814. The van der Waals surface area contributed by atoms with E-state index in [4.69, 9.17) is 0 Å². The molecule has 132 valence electrons. The van der Waals surface area contributed by atoms with E-state index in [1.54, 1.807) is 6.07 Å². The van der Waals surface area contributed by atoms with E-state index in [-0.39, 0.29) is 12.5 Å². The van der Waals surface area contributed by atoms with E-state index in [9.17, 15) is 18.0 Å². The van der Waals surface area contributed by atoms with E-state index in [2.05, 4.69) is 5.32 Å². The number of amides is 1. The Labute approximate surface area is 140 Å². The van der Waals surface area contributed by atoms with Gasteiger partial charge in [-0.25, -0.2) is 0 Å². The van der Waals surface area contributed by atoms with E-state index in [1.165, 1.54) is 31.7 Å². The summed E-state index contributed by atoms with van der Waals surface area (Å²) in [5.74, 6) is 0.590. The van der Waals surface area contributed by atoms with Crippen LogP contribution in [0.5, 0.6) is 0 Å². The van der Waals surface area contributed by atoms with Crippen LogP contribution in [0.4, 0.5) is 18.9 Å². The highest BCUT2D eigenvalue weighted by molar-refractivity contribution is 5.81. The number of hydrogen-bond donors (Lipinski definition) is 1. The Morgan fingerprint density at radius 2 is 1.92 bits per heavy atom. The van der Waals surface area contributed by atoms with Gasteiger partial charge in [-0.2, -0.15) is 13.2 Å². The summed E-state index contributed by atoms with van der Waals surface area (Å²) in [6.07, 6.45) is 2.57. The minimum Gasteiger partial charge on any atom is -0.376 e. The molecule has 1 aromatic rings. The van der Waals surface area contributed by atoms with Gasteiger partial charge in [0, 0.05) is 18.3 Å². The van der Waals surface area contributed by atoms with Crippen LogP contribution in [0.1, 0.15) is 44.1 Å². The Morgan fingerprint density at radius 1 is 1.17 bits per heavy atom. The number of benzene rings is 1. The lowest BCUT2D eigenvalue weighted by atomic mass is 9.96. The molecule has 1 saturated heterocycles. The van der Waals surface area contributed by atoms with Crippen LogP contribution in [-0.2, 0) is 11.0 Å². The van der Waals surface area contributed by atoms with Gasteiger partial charge in [0.2, 0.25) is 5.91 Å². The second-order valence-electron chi connectivity index (χ2n) is 6.77. The minimum atomic E-state index is -4.37. The van der Waals surface area contributed by atoms with Gasteiger partial charge in [-0.1, -0.05) is 18.9 Å². The maximum Gasteiger partial charge on any atom is 0.416 e. The predicted octanol–water partition coefficient (Wildman–Crippen LogP) is 4.30. The van der Waals surface area contributed by atoms with Crippen LogP contribution in [-0.4, -0.2) is 29.9 Å². The quantitative estimate of drug-likeness (QED) is 0.886. The summed E-state index contributed by atoms with van der Waals surface area (Å²) >= 11 is 0. The maximum atomic E-state index is 12.7. The number of rotatable bonds is 4. The van der Waals surface area contributed by atoms with Gasteiger partial charge in [0.25, 0.3) is 0 Å². The van der Waals surface area contributed by atoms with Crippen LogP contribution in [0.3, 0.4) is 0 Å². The third-order valence-corrected chi connectivity index (χ3v) is 5.20. The molecule has 3 nitrogen and oxygen atoms in total. The molecule has 3 rings (SSSR count). The number of halogens is 3. The number of nitrogens with zero attached hydrogens (tertiary/aromatic N) is 1. The van der Waals surface area contributed by atoms with Crippen molar-refractivity contribution in [2.75, 3.05) is 18.4 Å². The van der Waals surface area contributed by atoms with Crippen molar-refractivity contribution in [1.82, 2.24) is 4.90 Å². The van der Waals surface area contributed by atoms with Crippen molar-refractivity contribution in [1.29, 1.82) is 0 Å². The Balaban J connectivity index is 1.59. The molecule has 1 unspecified atom stereocenters. The molecule has 1 N–H and O–H groups in total. The lowest BCUT2D eigenvalue weighted by Gasteiger charge is -2.29. The molecule has 1 amide bonds. The fourth-order valence-corrected chi connectivity index (χ4v) is 4.02. The molecule has 1 saturated carbocycles. The summed E-state index contributed by atoms with van der Waals surface area (Å²) in [5, 5.41) is 2.85. The molecule has 1 atom stereocenters. The first-order chi connectivity index (χ1) is 11.4. The Bertz CT molecular complexity index is 582. The zero-order chi connectivity index (χ0) is 17.2. The molecule has 0 radical (unpaired) electrons.